The van der Waals surface area contributed by atoms with Crippen LogP contribution in [-0.2, 0) is 21.6 Å². The van der Waals surface area contributed by atoms with Gasteiger partial charge in [-0.2, -0.15) is 5.10 Å². The molecule has 0 aliphatic carbocycles. The van der Waals surface area contributed by atoms with Gasteiger partial charge in [0.15, 0.2) is 0 Å². The number of amides is 1. The summed E-state index contributed by atoms with van der Waals surface area (Å²) in [7, 11) is 1.60. The summed E-state index contributed by atoms with van der Waals surface area (Å²) in [5.74, 6) is -0.369. The van der Waals surface area contributed by atoms with Crippen molar-refractivity contribution in [2.24, 2.45) is 5.10 Å². The first-order valence-corrected chi connectivity index (χ1v) is 8.45. The van der Waals surface area contributed by atoms with E-state index in [1.54, 1.807) is 50.2 Å². The number of nitrogens with zero attached hydrogens (tertiary/aromatic N) is 3. The molecule has 1 radical (unpaired) electrons. The number of carbonyl (C=O) groups is 2. The van der Waals surface area contributed by atoms with Crippen LogP contribution in [0.15, 0.2) is 84.5 Å². The van der Waals surface area contributed by atoms with E-state index >= 15 is 0 Å². The first-order chi connectivity index (χ1) is 14.0. The number of aliphatic carboxylic acids is 1. The summed E-state index contributed by atoms with van der Waals surface area (Å²) in [6.07, 6.45) is 8.17. The average Bonchev–Trinajstić information content (AvgIpc) is 2.76. The molecule has 2 aromatic heterocycles. The quantitative estimate of drug-likeness (QED) is 0.413. The van der Waals surface area contributed by atoms with E-state index in [9.17, 15) is 4.79 Å². The van der Waals surface area contributed by atoms with Crippen molar-refractivity contribution in [2.45, 2.75) is 6.92 Å². The van der Waals surface area contributed by atoms with Crippen molar-refractivity contribution in [3.8, 4) is 5.75 Å². The van der Waals surface area contributed by atoms with Gasteiger partial charge in [0.2, 0.25) is 0 Å². The van der Waals surface area contributed by atoms with Gasteiger partial charge in [0.1, 0.15) is 5.75 Å². The Morgan fingerprint density at radius 2 is 1.53 bits per heavy atom. The number of carboxylic acid groups (broad SMARTS) is 1. The van der Waals surface area contributed by atoms with Gasteiger partial charge in [0, 0.05) is 54.1 Å². The number of aromatic nitrogens is 2. The van der Waals surface area contributed by atoms with Crippen LogP contribution >= 0.6 is 0 Å². The van der Waals surface area contributed by atoms with Crippen molar-refractivity contribution < 1.29 is 47.2 Å². The summed E-state index contributed by atoms with van der Waals surface area (Å²) >= 11 is 0. The standard InChI is InChI=1S/C14H13N3O2.C5H5N.C2H4O2.Co.2H2O/c1-19-13-4-2-3-11(9-13)10-16-17-14(18)12-5-7-15-8-6-12;1-2-4-6-5-3-1;1-2(3)4;;;/h2-10H,1H3,(H,17,18);1-5H;1H3,(H,3,4);;2*1H2/b16-10-;;;;;. The molecule has 0 bridgehead atoms. The van der Waals surface area contributed by atoms with Crippen LogP contribution in [0.1, 0.15) is 22.8 Å². The number of hydrazone groups is 1. The van der Waals surface area contributed by atoms with Crippen LogP contribution < -0.4 is 10.2 Å². The van der Waals surface area contributed by atoms with Gasteiger partial charge in [0.25, 0.3) is 11.9 Å². The van der Waals surface area contributed by atoms with Crippen LogP contribution in [0.4, 0.5) is 0 Å². The molecule has 2 heterocycles. The summed E-state index contributed by atoms with van der Waals surface area (Å²) in [5.41, 5.74) is 3.80. The number of nitrogens with one attached hydrogen (secondary N) is 1. The van der Waals surface area contributed by atoms with Gasteiger partial charge in [-0.15, -0.1) is 0 Å². The Labute approximate surface area is 196 Å². The van der Waals surface area contributed by atoms with Crippen LogP contribution in [0, 0.1) is 0 Å². The number of carboxylic acids is 1. The Morgan fingerprint density at radius 1 is 0.969 bits per heavy atom. The fourth-order valence-electron chi connectivity index (χ4n) is 1.77. The normalized spacial score (nSPS) is 8.44. The minimum absolute atomic E-state index is 0. The Morgan fingerprint density at radius 3 is 2.00 bits per heavy atom. The van der Waals surface area contributed by atoms with Crippen LogP contribution in [-0.4, -0.2) is 51.2 Å². The van der Waals surface area contributed by atoms with Gasteiger partial charge in [-0.1, -0.05) is 18.2 Å². The predicted molar refractivity (Wildman–Crippen MR) is 117 cm³/mol. The zero-order valence-corrected chi connectivity index (χ0v) is 18.5. The molecule has 10 nitrogen and oxygen atoms in total. The Bertz CT molecular complexity index is 868. The maximum Gasteiger partial charge on any atom is 0.300 e. The molecule has 0 saturated heterocycles. The summed E-state index contributed by atoms with van der Waals surface area (Å²) in [5, 5.41) is 11.3. The topological polar surface area (TPSA) is 177 Å². The molecule has 0 aliphatic rings. The predicted octanol–water partition coefficient (Wildman–Crippen LogP) is 1.37. The summed E-state index contributed by atoms with van der Waals surface area (Å²) in [6, 6.07) is 16.3. The van der Waals surface area contributed by atoms with E-state index in [0.717, 1.165) is 18.2 Å². The second-order valence-electron chi connectivity index (χ2n) is 5.26. The van der Waals surface area contributed by atoms with Crippen molar-refractivity contribution >= 4 is 18.1 Å². The number of pyridine rings is 2. The zero-order valence-electron chi connectivity index (χ0n) is 17.4. The molecule has 6 N–H and O–H groups in total. The molecule has 0 unspecified atom stereocenters. The summed E-state index contributed by atoms with van der Waals surface area (Å²) in [6.45, 7) is 1.08. The second kappa shape index (κ2) is 20.6. The third-order valence-corrected chi connectivity index (χ3v) is 2.98. The first-order valence-electron chi connectivity index (χ1n) is 8.45. The molecule has 0 atom stereocenters. The van der Waals surface area contributed by atoms with Crippen molar-refractivity contribution in [3.63, 3.8) is 0 Å². The minimum Gasteiger partial charge on any atom is -0.497 e. The largest absolute Gasteiger partial charge is 0.497 e. The number of benzene rings is 1. The maximum atomic E-state index is 11.7. The van der Waals surface area contributed by atoms with Gasteiger partial charge < -0.3 is 20.8 Å². The molecule has 1 amide bonds. The van der Waals surface area contributed by atoms with Crippen molar-refractivity contribution in [1.82, 2.24) is 15.4 Å². The van der Waals surface area contributed by atoms with E-state index in [2.05, 4.69) is 20.5 Å². The zero-order chi connectivity index (χ0) is 21.3. The van der Waals surface area contributed by atoms with E-state index in [1.165, 1.54) is 0 Å². The number of hydrogen-bond acceptors (Lipinski definition) is 6. The summed E-state index contributed by atoms with van der Waals surface area (Å²) in [4.78, 5) is 28.3. The molecule has 3 aromatic rings. The fraction of sp³-hybridized carbons (Fsp3) is 0.0952. The molecule has 0 aliphatic heterocycles. The molecule has 0 fully saturated rings. The molecular weight excluding hydrogens is 463 g/mol. The van der Waals surface area contributed by atoms with E-state index < -0.39 is 5.97 Å². The number of carbonyl (C=O) groups excluding carboxylic acids is 1. The first kappa shape index (κ1) is 33.0. The van der Waals surface area contributed by atoms with E-state index in [4.69, 9.17) is 14.6 Å². The van der Waals surface area contributed by atoms with Crippen LogP contribution in [0.25, 0.3) is 0 Å². The monoisotopic (exact) mass is 489 g/mol. The van der Waals surface area contributed by atoms with Gasteiger partial charge >= 0.3 is 0 Å². The maximum absolute atomic E-state index is 11.7. The summed E-state index contributed by atoms with van der Waals surface area (Å²) < 4.78 is 5.10. The average molecular weight is 489 g/mol. The minimum atomic E-state index is -0.833. The van der Waals surface area contributed by atoms with Gasteiger partial charge in [-0.25, -0.2) is 5.43 Å². The van der Waals surface area contributed by atoms with Crippen molar-refractivity contribution in [1.29, 1.82) is 0 Å². The third kappa shape index (κ3) is 16.2. The van der Waals surface area contributed by atoms with Crippen molar-refractivity contribution in [2.75, 3.05) is 7.11 Å². The van der Waals surface area contributed by atoms with E-state index in [1.807, 2.05) is 42.5 Å². The Kier molecular flexibility index (Phi) is 21.3. The van der Waals surface area contributed by atoms with Gasteiger partial charge in [0.05, 0.1) is 13.3 Å². The molecule has 0 spiro atoms. The molecule has 11 heteroatoms. The Balaban J connectivity index is -0.000000544. The molecule has 0 saturated carbocycles. The van der Waals surface area contributed by atoms with E-state index in [-0.39, 0.29) is 33.6 Å². The van der Waals surface area contributed by atoms with E-state index in [0.29, 0.717) is 5.56 Å². The number of ether oxygens (including phenoxy) is 1. The number of rotatable bonds is 4. The molecular formula is C21H26CoN4O6. The molecule has 175 valence electrons. The SMILES string of the molecule is CC(=O)O.COc1cccc(/C=N\NC(=O)c2ccncc2)c1.O.O.[Co].c1ccncc1. The van der Waals surface area contributed by atoms with Crippen LogP contribution in [0.2, 0.25) is 0 Å². The second-order valence-corrected chi connectivity index (χ2v) is 5.26. The van der Waals surface area contributed by atoms with Gasteiger partial charge in [-0.3, -0.25) is 19.6 Å². The molecule has 32 heavy (non-hydrogen) atoms. The van der Waals surface area contributed by atoms with Crippen molar-refractivity contribution in [3.05, 3.63) is 90.5 Å². The van der Waals surface area contributed by atoms with Crippen LogP contribution in [0.5, 0.6) is 5.75 Å². The van der Waals surface area contributed by atoms with Crippen LogP contribution in [0.3, 0.4) is 0 Å². The molecule has 3 rings (SSSR count). The van der Waals surface area contributed by atoms with Gasteiger partial charge in [-0.05, 0) is 42.0 Å². The smallest absolute Gasteiger partial charge is 0.300 e. The number of hydrogen-bond donors (Lipinski definition) is 2. The number of methoxy groups -OCH3 is 1. The third-order valence-electron chi connectivity index (χ3n) is 2.98. The molecule has 1 aromatic carbocycles. The Hall–Kier alpha value is -3.64. The fourth-order valence-corrected chi connectivity index (χ4v) is 1.77.